The van der Waals surface area contributed by atoms with Crippen molar-refractivity contribution in [3.63, 3.8) is 0 Å². The van der Waals surface area contributed by atoms with Gasteiger partial charge in [-0.3, -0.25) is 29.7 Å². The summed E-state index contributed by atoms with van der Waals surface area (Å²) in [6.07, 6.45) is 20.0. The molecule has 4 nitrogen and oxygen atoms in total. The van der Waals surface area contributed by atoms with Gasteiger partial charge >= 0.3 is 21.7 Å². The van der Waals surface area contributed by atoms with Crippen LogP contribution in [0.5, 0.6) is 0 Å². The Hall–Kier alpha value is -2.93. The van der Waals surface area contributed by atoms with Crippen LogP contribution in [0.15, 0.2) is 36.5 Å². The first-order chi connectivity index (χ1) is 21.0. The number of nitrogens with zero attached hydrogens (tertiary/aromatic N) is 4. The third-order valence-electron chi connectivity index (χ3n) is 6.85. The van der Waals surface area contributed by atoms with Crippen LogP contribution in [-0.4, -0.2) is 76.3 Å². The van der Waals surface area contributed by atoms with Gasteiger partial charge < -0.3 is 19.6 Å². The van der Waals surface area contributed by atoms with E-state index >= 15 is 0 Å². The zero-order valence-electron chi connectivity index (χ0n) is 24.8. The molecule has 4 aliphatic rings. The van der Waals surface area contributed by atoms with E-state index in [-0.39, 0.29) is 21.7 Å². The maximum absolute atomic E-state index is 13.5. The van der Waals surface area contributed by atoms with E-state index in [0.717, 1.165) is 12.8 Å². The minimum Gasteiger partial charge on any atom is -0.385 e. The first-order valence-electron chi connectivity index (χ1n) is 13.8. The number of rotatable bonds is 2. The predicted molar refractivity (Wildman–Crippen MR) is 153 cm³/mol. The number of hydrogen-bond acceptors (Lipinski definition) is 4. The van der Waals surface area contributed by atoms with E-state index in [0.29, 0.717) is 52.4 Å². The molecule has 45 heavy (non-hydrogen) atoms. The molecule has 0 bridgehead atoms. The molecule has 13 heteroatoms. The molecule has 0 aromatic heterocycles. The van der Waals surface area contributed by atoms with Crippen LogP contribution in [0.3, 0.4) is 0 Å². The molecule has 2 aromatic rings. The second kappa shape index (κ2) is 18.9. The average Bonchev–Trinajstić information content (AvgIpc) is 3.78. The van der Waals surface area contributed by atoms with Crippen LogP contribution < -0.4 is 9.80 Å². The van der Waals surface area contributed by atoms with Gasteiger partial charge in [-0.1, -0.05) is 0 Å². The fourth-order valence-electron chi connectivity index (χ4n) is 4.32. The molecule has 0 radical (unpaired) electrons. The molecule has 2 heterocycles. The Kier molecular flexibility index (Phi) is 16.1. The average molecular weight is 672 g/mol. The van der Waals surface area contributed by atoms with E-state index in [4.69, 9.17) is 0 Å². The van der Waals surface area contributed by atoms with Crippen LogP contribution in [0.2, 0.25) is 0 Å². The van der Waals surface area contributed by atoms with Gasteiger partial charge in [0.2, 0.25) is 0 Å². The number of anilines is 2. The fraction of sp³-hybridized carbons (Fsp3) is 0.375. The van der Waals surface area contributed by atoms with Crippen molar-refractivity contribution in [1.82, 2.24) is 9.80 Å². The summed E-state index contributed by atoms with van der Waals surface area (Å²) in [5, 5.41) is 0. The monoisotopic (exact) mass is 672 g/mol. The summed E-state index contributed by atoms with van der Waals surface area (Å²) >= 11 is 0. The molecule has 2 saturated heterocycles. The van der Waals surface area contributed by atoms with Gasteiger partial charge in [-0.25, -0.2) is 41.9 Å². The molecule has 0 saturated carbocycles. The summed E-state index contributed by atoms with van der Waals surface area (Å²) in [6, 6.07) is 2.75. The molecule has 0 amide bonds. The van der Waals surface area contributed by atoms with Gasteiger partial charge in [0.15, 0.2) is 0 Å². The zero-order valence-corrected chi connectivity index (χ0v) is 26.4. The van der Waals surface area contributed by atoms with E-state index in [1.807, 2.05) is 48.2 Å². The molecule has 2 aliphatic heterocycles. The minimum absolute atomic E-state index is 0. The molecule has 2 aromatic carbocycles. The van der Waals surface area contributed by atoms with E-state index in [1.165, 1.54) is 21.9 Å². The first-order valence-corrected chi connectivity index (χ1v) is 13.8. The van der Waals surface area contributed by atoms with Gasteiger partial charge in [0.25, 0.3) is 0 Å². The second-order valence-corrected chi connectivity index (χ2v) is 10.0. The molecule has 0 spiro atoms. The number of benzene rings is 2. The van der Waals surface area contributed by atoms with Crippen LogP contribution in [0.1, 0.15) is 12.8 Å². The van der Waals surface area contributed by atoms with Crippen molar-refractivity contribution in [2.45, 2.75) is 12.8 Å². The summed E-state index contributed by atoms with van der Waals surface area (Å²) in [4.78, 5) is 6.55. The molecular formula is C32H32F8N4Ti. The van der Waals surface area contributed by atoms with E-state index in [2.05, 4.69) is 24.3 Å². The smallest absolute Gasteiger partial charge is 0.385 e. The number of allylic oxidation sites excluding steroid dienone is 8. The summed E-state index contributed by atoms with van der Waals surface area (Å²) in [5.74, 6) is -11.5. The summed E-state index contributed by atoms with van der Waals surface area (Å²) in [7, 11) is 3.73. The Morgan fingerprint density at radius 3 is 0.978 bits per heavy atom. The molecule has 0 N–H and O–H groups in total. The summed E-state index contributed by atoms with van der Waals surface area (Å²) in [6.45, 7) is 3.64. The van der Waals surface area contributed by atoms with Crippen LogP contribution >= 0.6 is 0 Å². The van der Waals surface area contributed by atoms with E-state index in [1.54, 1.807) is 0 Å². The van der Waals surface area contributed by atoms with Gasteiger partial charge in [0.1, 0.15) is 0 Å². The standard InChI is InChI=1S/2C11H11F4N2.2C5H5.Ti/c2*1-16-2-4-17(5-3-16)11-9(14)7(12)6-8(13)10(11)15;2*1-2-4-5-3-1;/h2*2-5H2,1H3;2*1-3H,4H2;/q4*-1;+4. The summed E-state index contributed by atoms with van der Waals surface area (Å²) in [5.41, 5.74) is -1.27. The number of piperazine rings is 2. The van der Waals surface area contributed by atoms with Gasteiger partial charge in [-0.2, -0.15) is 12.2 Å². The first kappa shape index (κ1) is 38.3. The van der Waals surface area contributed by atoms with Crippen molar-refractivity contribution < 1.29 is 56.8 Å². The van der Waals surface area contributed by atoms with E-state index in [9.17, 15) is 35.1 Å². The topological polar surface area (TPSA) is 13.0 Å². The van der Waals surface area contributed by atoms with Crippen LogP contribution in [0.4, 0.5) is 46.5 Å². The molecule has 2 fully saturated rings. The van der Waals surface area contributed by atoms with Crippen molar-refractivity contribution in [3.8, 4) is 0 Å². The number of likely N-dealkylation sites (N-methyl/N-ethyl adjacent to an activating group) is 2. The summed E-state index contributed by atoms with van der Waals surface area (Å²) < 4.78 is 106. The molecule has 6 rings (SSSR count). The Morgan fingerprint density at radius 1 is 0.489 bits per heavy atom. The zero-order chi connectivity index (χ0) is 32.2. The van der Waals surface area contributed by atoms with E-state index < -0.39 is 57.9 Å². The van der Waals surface area contributed by atoms with Gasteiger partial charge in [-0.15, -0.1) is 25.0 Å². The van der Waals surface area contributed by atoms with Gasteiger partial charge in [-0.05, 0) is 14.1 Å². The van der Waals surface area contributed by atoms with Gasteiger partial charge in [0.05, 0.1) is 46.5 Å². The maximum Gasteiger partial charge on any atom is 4.00 e. The Morgan fingerprint density at radius 2 is 0.778 bits per heavy atom. The SMILES string of the molecule is CN1CCN(c2c(F)c(F)[c-]c(F)c2F)CC1.CN1CCN(c2c(F)c(F)[c-]c(F)c2F)CC1.[C-]1=CC=CC1.[C-]1=CC=CC1.[Ti+4]. The van der Waals surface area contributed by atoms with Crippen LogP contribution in [0, 0.1) is 70.8 Å². The molecule has 240 valence electrons. The van der Waals surface area contributed by atoms with Crippen LogP contribution in [0.25, 0.3) is 0 Å². The quantitative estimate of drug-likeness (QED) is 0.163. The predicted octanol–water partition coefficient (Wildman–Crippen LogP) is 6.20. The largest absolute Gasteiger partial charge is 4.00 e. The molecule has 0 unspecified atom stereocenters. The van der Waals surface area contributed by atoms with Gasteiger partial charge in [0, 0.05) is 63.7 Å². The van der Waals surface area contributed by atoms with Crippen molar-refractivity contribution in [2.75, 3.05) is 76.3 Å². The Bertz CT molecular complexity index is 1190. The minimum atomic E-state index is -1.49. The van der Waals surface area contributed by atoms with Crippen molar-refractivity contribution >= 4 is 11.4 Å². The van der Waals surface area contributed by atoms with Crippen molar-refractivity contribution in [1.29, 1.82) is 0 Å². The second-order valence-electron chi connectivity index (χ2n) is 10.0. The molecule has 2 aliphatic carbocycles. The fourth-order valence-corrected chi connectivity index (χ4v) is 4.32. The Labute approximate surface area is 273 Å². The number of halogens is 8. The van der Waals surface area contributed by atoms with Crippen molar-refractivity contribution in [3.05, 3.63) is 107 Å². The Balaban J connectivity index is 0.000000235. The number of hydrogen-bond donors (Lipinski definition) is 0. The van der Waals surface area contributed by atoms with Crippen LogP contribution in [-0.2, 0) is 21.7 Å². The normalized spacial score (nSPS) is 17.2. The van der Waals surface area contributed by atoms with Crippen molar-refractivity contribution in [2.24, 2.45) is 0 Å². The third-order valence-corrected chi connectivity index (χ3v) is 6.85. The molecule has 0 atom stereocenters. The molecular weight excluding hydrogens is 640 g/mol. The maximum atomic E-state index is 13.5. The third kappa shape index (κ3) is 11.1.